The largest absolute Gasteiger partial charge is 0.471 e. The maximum Gasteiger partial charge on any atom is 0.471 e. The number of ether oxygens (including phenoxy) is 1. The van der Waals surface area contributed by atoms with Gasteiger partial charge in [0.1, 0.15) is 0 Å². The highest BCUT2D eigenvalue weighted by atomic mass is 19.4. The molecule has 1 N–H and O–H groups in total. The van der Waals surface area contributed by atoms with E-state index in [0.717, 1.165) is 32.4 Å². The van der Waals surface area contributed by atoms with Gasteiger partial charge in [-0.2, -0.15) is 18.2 Å². The molecule has 9 nitrogen and oxygen atoms in total. The molecule has 33 heavy (non-hydrogen) atoms. The summed E-state index contributed by atoms with van der Waals surface area (Å²) in [5.74, 6) is -2.03. The molecule has 0 radical (unpaired) electrons. The molecule has 0 saturated carbocycles. The first kappa shape index (κ1) is 23.0. The van der Waals surface area contributed by atoms with Crippen LogP contribution in [-0.4, -0.2) is 77.3 Å². The van der Waals surface area contributed by atoms with Gasteiger partial charge in [-0.25, -0.2) is 4.79 Å². The molecular weight excluding hydrogens is 443 g/mol. The zero-order chi connectivity index (χ0) is 23.4. The maximum atomic E-state index is 12.9. The van der Waals surface area contributed by atoms with Crippen molar-refractivity contribution in [3.63, 3.8) is 0 Å². The van der Waals surface area contributed by atoms with Crippen LogP contribution < -0.4 is 5.32 Å². The molecule has 2 saturated heterocycles. The Balaban J connectivity index is 1.35. The number of amides is 3. The maximum absolute atomic E-state index is 12.9. The van der Waals surface area contributed by atoms with E-state index < -0.39 is 12.1 Å². The van der Waals surface area contributed by atoms with Gasteiger partial charge in [0.25, 0.3) is 5.91 Å². The number of urea groups is 1. The molecule has 0 spiro atoms. The van der Waals surface area contributed by atoms with Crippen LogP contribution in [0.15, 0.2) is 28.8 Å². The lowest BCUT2D eigenvalue weighted by atomic mass is 10.1. The van der Waals surface area contributed by atoms with E-state index in [4.69, 9.17) is 4.74 Å². The van der Waals surface area contributed by atoms with Crippen LogP contribution in [0.25, 0.3) is 11.4 Å². The number of alkyl halides is 3. The Morgan fingerprint density at radius 2 is 1.82 bits per heavy atom. The number of carbonyl (C=O) groups excluding carboxylic acids is 2. The predicted molar refractivity (Wildman–Crippen MR) is 109 cm³/mol. The van der Waals surface area contributed by atoms with Gasteiger partial charge in [0.2, 0.25) is 5.82 Å². The van der Waals surface area contributed by atoms with Gasteiger partial charge in [-0.3, -0.25) is 4.79 Å². The lowest BCUT2D eigenvalue weighted by Gasteiger charge is -2.40. The fourth-order valence-electron chi connectivity index (χ4n) is 3.88. The van der Waals surface area contributed by atoms with Crippen LogP contribution >= 0.6 is 0 Å². The van der Waals surface area contributed by atoms with E-state index in [1.165, 1.54) is 24.3 Å². The van der Waals surface area contributed by atoms with Gasteiger partial charge in [-0.05, 0) is 31.4 Å². The van der Waals surface area contributed by atoms with Crippen molar-refractivity contribution in [2.24, 2.45) is 0 Å². The Labute approximate surface area is 187 Å². The molecule has 3 amide bonds. The van der Waals surface area contributed by atoms with E-state index in [9.17, 15) is 22.8 Å². The van der Waals surface area contributed by atoms with Crippen LogP contribution in [0.5, 0.6) is 0 Å². The summed E-state index contributed by atoms with van der Waals surface area (Å²) in [4.78, 5) is 32.4. The van der Waals surface area contributed by atoms with Crippen molar-refractivity contribution in [2.75, 3.05) is 39.4 Å². The molecule has 1 aromatic carbocycles. The number of rotatable bonds is 4. The minimum atomic E-state index is -4.73. The number of nitrogens with zero attached hydrogens (tertiary/aromatic N) is 4. The first-order valence-corrected chi connectivity index (χ1v) is 10.8. The number of halogens is 3. The molecule has 1 atom stereocenters. The number of carbonyl (C=O) groups is 2. The Kier molecular flexibility index (Phi) is 6.82. The molecule has 3 heterocycles. The minimum absolute atomic E-state index is 0.0278. The molecular formula is C21H24F3N5O4. The molecule has 4 rings (SSSR count). The average Bonchev–Trinajstić information content (AvgIpc) is 3.34. The van der Waals surface area contributed by atoms with E-state index in [2.05, 4.69) is 20.0 Å². The highest BCUT2D eigenvalue weighted by Crippen LogP contribution is 2.29. The third-order valence-corrected chi connectivity index (χ3v) is 5.67. The fraction of sp³-hybridized carbons (Fsp3) is 0.524. The summed E-state index contributed by atoms with van der Waals surface area (Å²) in [6, 6.07) is 5.49. The van der Waals surface area contributed by atoms with E-state index >= 15 is 0 Å². The summed E-state index contributed by atoms with van der Waals surface area (Å²) in [5, 5.41) is 6.14. The lowest BCUT2D eigenvalue weighted by Crippen LogP contribution is -2.57. The number of likely N-dealkylation sites (tertiary alicyclic amines) is 1. The summed E-state index contributed by atoms with van der Waals surface area (Å²) in [6.07, 6.45) is -1.61. The minimum Gasteiger partial charge on any atom is -0.377 e. The SMILES string of the molecule is O=C(NC[C@H]1COCCN1C(=O)N1CCCCC1)c1ccc(-c2noc(C(F)(F)F)n2)cc1. The number of piperidine rings is 1. The highest BCUT2D eigenvalue weighted by Gasteiger charge is 2.38. The van der Waals surface area contributed by atoms with Crippen molar-refractivity contribution in [3.8, 4) is 11.4 Å². The normalized spacial score (nSPS) is 19.4. The van der Waals surface area contributed by atoms with Gasteiger partial charge in [-0.1, -0.05) is 17.3 Å². The number of hydrogen-bond acceptors (Lipinski definition) is 6. The molecule has 2 fully saturated rings. The number of hydrogen-bond donors (Lipinski definition) is 1. The van der Waals surface area contributed by atoms with Gasteiger partial charge < -0.3 is 24.4 Å². The summed E-state index contributed by atoms with van der Waals surface area (Å²) in [7, 11) is 0. The van der Waals surface area contributed by atoms with Crippen molar-refractivity contribution in [1.82, 2.24) is 25.3 Å². The lowest BCUT2D eigenvalue weighted by molar-refractivity contribution is -0.159. The molecule has 2 aliphatic heterocycles. The van der Waals surface area contributed by atoms with Crippen molar-refractivity contribution >= 4 is 11.9 Å². The summed E-state index contributed by atoms with van der Waals surface area (Å²) < 4.78 is 47.6. The van der Waals surface area contributed by atoms with E-state index in [1.807, 2.05) is 4.90 Å². The second kappa shape index (κ2) is 9.77. The van der Waals surface area contributed by atoms with Gasteiger partial charge in [0.15, 0.2) is 0 Å². The molecule has 0 bridgehead atoms. The van der Waals surface area contributed by atoms with Crippen LogP contribution in [0.4, 0.5) is 18.0 Å². The molecule has 12 heteroatoms. The monoisotopic (exact) mass is 467 g/mol. The topological polar surface area (TPSA) is 101 Å². The first-order chi connectivity index (χ1) is 15.8. The number of morpholine rings is 1. The first-order valence-electron chi connectivity index (χ1n) is 10.8. The van der Waals surface area contributed by atoms with Crippen molar-refractivity contribution < 1.29 is 32.0 Å². The quantitative estimate of drug-likeness (QED) is 0.742. The molecule has 0 unspecified atom stereocenters. The number of aromatic nitrogens is 2. The zero-order valence-corrected chi connectivity index (χ0v) is 17.8. The van der Waals surface area contributed by atoms with Crippen LogP contribution in [-0.2, 0) is 10.9 Å². The second-order valence-electron chi connectivity index (χ2n) is 7.96. The van der Waals surface area contributed by atoms with Crippen LogP contribution in [0, 0.1) is 0 Å². The van der Waals surface area contributed by atoms with E-state index in [0.29, 0.717) is 25.3 Å². The van der Waals surface area contributed by atoms with Crippen LogP contribution in [0.1, 0.15) is 35.5 Å². The Morgan fingerprint density at radius 3 is 2.48 bits per heavy atom. The van der Waals surface area contributed by atoms with Crippen molar-refractivity contribution in [2.45, 2.75) is 31.5 Å². The van der Waals surface area contributed by atoms with E-state index in [1.54, 1.807) is 4.90 Å². The second-order valence-corrected chi connectivity index (χ2v) is 7.96. The molecule has 1 aromatic heterocycles. The molecule has 2 aliphatic rings. The fourth-order valence-corrected chi connectivity index (χ4v) is 3.88. The Hall–Kier alpha value is -3.15. The van der Waals surface area contributed by atoms with Crippen LogP contribution in [0.3, 0.4) is 0 Å². The zero-order valence-electron chi connectivity index (χ0n) is 17.8. The highest BCUT2D eigenvalue weighted by molar-refractivity contribution is 5.94. The average molecular weight is 467 g/mol. The third kappa shape index (κ3) is 5.44. The Morgan fingerprint density at radius 1 is 1.09 bits per heavy atom. The van der Waals surface area contributed by atoms with Crippen molar-refractivity contribution in [1.29, 1.82) is 0 Å². The molecule has 2 aromatic rings. The van der Waals surface area contributed by atoms with Gasteiger partial charge >= 0.3 is 18.1 Å². The predicted octanol–water partition coefficient (Wildman–Crippen LogP) is 2.79. The smallest absolute Gasteiger partial charge is 0.377 e. The standard InChI is InChI=1S/C21H24F3N5O4/c22-21(23,24)19-26-17(27-33-19)14-4-6-15(7-5-14)18(30)25-12-16-13-32-11-10-29(16)20(31)28-8-2-1-3-9-28/h4-7,16H,1-3,8-13H2,(H,25,30)/t16-/m0/s1. The summed E-state index contributed by atoms with van der Waals surface area (Å²) in [5.41, 5.74) is 0.591. The molecule has 0 aliphatic carbocycles. The third-order valence-electron chi connectivity index (χ3n) is 5.67. The Bertz CT molecular complexity index is 973. The van der Waals surface area contributed by atoms with E-state index in [-0.39, 0.29) is 35.9 Å². The summed E-state index contributed by atoms with van der Waals surface area (Å²) >= 11 is 0. The summed E-state index contributed by atoms with van der Waals surface area (Å²) in [6.45, 7) is 2.96. The van der Waals surface area contributed by atoms with Gasteiger partial charge in [0, 0.05) is 37.3 Å². The number of nitrogens with one attached hydrogen (secondary N) is 1. The van der Waals surface area contributed by atoms with Gasteiger partial charge in [-0.15, -0.1) is 0 Å². The van der Waals surface area contributed by atoms with Gasteiger partial charge in [0.05, 0.1) is 19.3 Å². The van der Waals surface area contributed by atoms with Crippen molar-refractivity contribution in [3.05, 3.63) is 35.7 Å². The number of benzene rings is 1. The van der Waals surface area contributed by atoms with Crippen LogP contribution in [0.2, 0.25) is 0 Å². The molecule has 178 valence electrons.